The van der Waals surface area contributed by atoms with E-state index in [0.717, 1.165) is 0 Å². The Bertz CT molecular complexity index is 644. The molecule has 0 bridgehead atoms. The summed E-state index contributed by atoms with van der Waals surface area (Å²) in [6.45, 7) is 1.17. The molecule has 3 heterocycles. The lowest BCUT2D eigenvalue weighted by Crippen LogP contribution is -2.43. The molecule has 7 heteroatoms. The molecule has 1 aliphatic heterocycles. The van der Waals surface area contributed by atoms with Crippen LogP contribution in [0.25, 0.3) is 5.52 Å². The quantitative estimate of drug-likeness (QED) is 0.587. The van der Waals surface area contributed by atoms with Gasteiger partial charge in [-0.2, -0.15) is 5.10 Å². The summed E-state index contributed by atoms with van der Waals surface area (Å²) in [6, 6.07) is 5.19. The lowest BCUT2D eigenvalue weighted by atomic mass is 9.97. The van der Waals surface area contributed by atoms with E-state index in [1.54, 1.807) is 35.8 Å². The van der Waals surface area contributed by atoms with E-state index in [9.17, 15) is 15.3 Å². The standard InChI is InChI=1S/C13H17N3O4/c1-13(6-17)12(19)10(18)11(20-13)9-3-2-8-7(14)4-5-15-16(8)9/h2-5,10-12,17-19H,6,14H2,1H3/t10-,11-,12-,13+/m0/s1. The molecule has 20 heavy (non-hydrogen) atoms. The molecule has 0 unspecified atom stereocenters. The van der Waals surface area contributed by atoms with Crippen LogP contribution in [0.15, 0.2) is 24.4 Å². The van der Waals surface area contributed by atoms with E-state index >= 15 is 0 Å². The van der Waals surface area contributed by atoms with Gasteiger partial charge in [0, 0.05) is 6.20 Å². The monoisotopic (exact) mass is 279 g/mol. The maximum absolute atomic E-state index is 10.2. The van der Waals surface area contributed by atoms with Crippen LogP contribution in [0.1, 0.15) is 18.7 Å². The van der Waals surface area contributed by atoms with E-state index in [1.165, 1.54) is 0 Å². The maximum atomic E-state index is 10.2. The van der Waals surface area contributed by atoms with Crippen molar-refractivity contribution in [3.63, 3.8) is 0 Å². The summed E-state index contributed by atoms with van der Waals surface area (Å²) in [6.07, 6.45) is -1.55. The van der Waals surface area contributed by atoms with Crippen molar-refractivity contribution in [1.82, 2.24) is 9.61 Å². The smallest absolute Gasteiger partial charge is 0.129 e. The van der Waals surface area contributed by atoms with Crippen LogP contribution in [0.4, 0.5) is 5.69 Å². The SMILES string of the molecule is C[C@]1(CO)O[C@@H](c2ccc3c(N)ccnn23)[C@H](O)[C@@H]1O. The van der Waals surface area contributed by atoms with E-state index < -0.39 is 23.9 Å². The predicted molar refractivity (Wildman–Crippen MR) is 70.9 cm³/mol. The van der Waals surface area contributed by atoms with Gasteiger partial charge in [0.25, 0.3) is 0 Å². The van der Waals surface area contributed by atoms with Crippen LogP contribution in [0.5, 0.6) is 0 Å². The lowest BCUT2D eigenvalue weighted by molar-refractivity contribution is -0.100. The van der Waals surface area contributed by atoms with E-state index in [1.807, 2.05) is 0 Å². The van der Waals surface area contributed by atoms with Crippen molar-refractivity contribution in [3.05, 3.63) is 30.1 Å². The number of hydrogen-bond acceptors (Lipinski definition) is 6. The van der Waals surface area contributed by atoms with Gasteiger partial charge in [0.2, 0.25) is 0 Å². The van der Waals surface area contributed by atoms with Crippen molar-refractivity contribution in [3.8, 4) is 0 Å². The Hall–Kier alpha value is -1.67. The summed E-state index contributed by atoms with van der Waals surface area (Å²) in [5.74, 6) is 0. The molecular formula is C13H17N3O4. The van der Waals surface area contributed by atoms with Crippen LogP contribution >= 0.6 is 0 Å². The molecule has 1 aliphatic rings. The van der Waals surface area contributed by atoms with E-state index in [2.05, 4.69) is 5.10 Å². The Balaban J connectivity index is 2.06. The molecule has 0 saturated carbocycles. The fraction of sp³-hybridized carbons (Fsp3) is 0.462. The normalized spacial score (nSPS) is 33.9. The second-order valence-electron chi connectivity index (χ2n) is 5.29. The molecule has 4 atom stereocenters. The first-order chi connectivity index (χ1) is 9.48. The number of rotatable bonds is 2. The third-order valence-corrected chi connectivity index (χ3v) is 3.88. The second kappa shape index (κ2) is 4.42. The van der Waals surface area contributed by atoms with Gasteiger partial charge in [-0.25, -0.2) is 4.52 Å². The maximum Gasteiger partial charge on any atom is 0.129 e. The molecule has 0 aliphatic carbocycles. The molecule has 1 fully saturated rings. The van der Waals surface area contributed by atoms with Gasteiger partial charge in [0.15, 0.2) is 0 Å². The van der Waals surface area contributed by atoms with Gasteiger partial charge in [-0.15, -0.1) is 0 Å². The van der Waals surface area contributed by atoms with Crippen molar-refractivity contribution >= 4 is 11.2 Å². The van der Waals surface area contributed by atoms with Gasteiger partial charge >= 0.3 is 0 Å². The zero-order chi connectivity index (χ0) is 14.5. The zero-order valence-electron chi connectivity index (χ0n) is 11.0. The molecular weight excluding hydrogens is 262 g/mol. The molecule has 7 nitrogen and oxygen atoms in total. The number of fused-ring (bicyclic) bond motifs is 1. The number of ether oxygens (including phenoxy) is 1. The molecule has 0 aromatic carbocycles. The number of nitrogen functional groups attached to an aromatic ring is 1. The molecule has 2 aromatic rings. The van der Waals surface area contributed by atoms with Crippen LogP contribution in [-0.4, -0.2) is 49.3 Å². The average molecular weight is 279 g/mol. The van der Waals surface area contributed by atoms with Crippen molar-refractivity contribution in [2.24, 2.45) is 0 Å². The van der Waals surface area contributed by atoms with E-state index in [0.29, 0.717) is 16.9 Å². The first-order valence-corrected chi connectivity index (χ1v) is 6.35. The van der Waals surface area contributed by atoms with Gasteiger partial charge in [-0.05, 0) is 25.1 Å². The van der Waals surface area contributed by atoms with Crippen LogP contribution in [-0.2, 0) is 4.74 Å². The van der Waals surface area contributed by atoms with Crippen molar-refractivity contribution in [2.45, 2.75) is 30.8 Å². The minimum atomic E-state index is -1.20. The highest BCUT2D eigenvalue weighted by Crippen LogP contribution is 2.40. The lowest BCUT2D eigenvalue weighted by Gasteiger charge is -2.24. The highest BCUT2D eigenvalue weighted by Gasteiger charge is 2.52. The van der Waals surface area contributed by atoms with Gasteiger partial charge in [-0.1, -0.05) is 0 Å². The number of anilines is 1. The van der Waals surface area contributed by atoms with Crippen LogP contribution in [0.3, 0.4) is 0 Å². The predicted octanol–water partition coefficient (Wildman–Crippen LogP) is -0.539. The van der Waals surface area contributed by atoms with Crippen LogP contribution in [0, 0.1) is 0 Å². The second-order valence-corrected chi connectivity index (χ2v) is 5.29. The Morgan fingerprint density at radius 3 is 2.80 bits per heavy atom. The molecule has 0 spiro atoms. The number of nitrogens with zero attached hydrogens (tertiary/aromatic N) is 2. The van der Waals surface area contributed by atoms with E-state index in [-0.39, 0.29) is 6.61 Å². The third kappa shape index (κ3) is 1.71. The number of aliphatic hydroxyl groups excluding tert-OH is 3. The Morgan fingerprint density at radius 1 is 1.40 bits per heavy atom. The highest BCUT2D eigenvalue weighted by molar-refractivity contribution is 5.69. The first-order valence-electron chi connectivity index (χ1n) is 6.35. The Morgan fingerprint density at radius 2 is 2.15 bits per heavy atom. The Kier molecular flexibility index (Phi) is 2.94. The number of aliphatic hydroxyl groups is 3. The zero-order valence-corrected chi connectivity index (χ0v) is 11.0. The molecule has 1 saturated heterocycles. The van der Waals surface area contributed by atoms with Gasteiger partial charge < -0.3 is 25.8 Å². The summed E-state index contributed by atoms with van der Waals surface area (Å²) in [5.41, 5.74) is 6.49. The number of hydrogen-bond donors (Lipinski definition) is 4. The Labute approximate surface area is 115 Å². The summed E-state index contributed by atoms with van der Waals surface area (Å²) in [7, 11) is 0. The summed E-state index contributed by atoms with van der Waals surface area (Å²) >= 11 is 0. The summed E-state index contributed by atoms with van der Waals surface area (Å²) in [5, 5.41) is 33.7. The summed E-state index contributed by atoms with van der Waals surface area (Å²) < 4.78 is 7.23. The largest absolute Gasteiger partial charge is 0.397 e. The topological polar surface area (TPSA) is 113 Å². The molecule has 0 amide bonds. The highest BCUT2D eigenvalue weighted by atomic mass is 16.6. The number of aromatic nitrogens is 2. The minimum absolute atomic E-state index is 0.388. The van der Waals surface area contributed by atoms with Gasteiger partial charge in [-0.3, -0.25) is 0 Å². The van der Waals surface area contributed by atoms with Crippen LogP contribution < -0.4 is 5.73 Å². The first kappa shape index (κ1) is 13.3. The van der Waals surface area contributed by atoms with Crippen LogP contribution in [0.2, 0.25) is 0 Å². The van der Waals surface area contributed by atoms with Crippen molar-refractivity contribution in [2.75, 3.05) is 12.3 Å². The molecule has 5 N–H and O–H groups in total. The minimum Gasteiger partial charge on any atom is -0.397 e. The fourth-order valence-electron chi connectivity index (χ4n) is 2.60. The fourth-order valence-corrected chi connectivity index (χ4v) is 2.60. The average Bonchev–Trinajstić information content (AvgIpc) is 2.96. The van der Waals surface area contributed by atoms with Gasteiger partial charge in [0.05, 0.1) is 23.5 Å². The molecule has 3 rings (SSSR count). The van der Waals surface area contributed by atoms with Crippen molar-refractivity contribution in [1.29, 1.82) is 0 Å². The molecule has 0 radical (unpaired) electrons. The molecule has 2 aromatic heterocycles. The summed E-state index contributed by atoms with van der Waals surface area (Å²) in [4.78, 5) is 0. The van der Waals surface area contributed by atoms with E-state index in [4.69, 9.17) is 10.5 Å². The van der Waals surface area contributed by atoms with Crippen molar-refractivity contribution < 1.29 is 20.1 Å². The number of nitrogens with two attached hydrogens (primary N) is 1. The van der Waals surface area contributed by atoms with Gasteiger partial charge in [0.1, 0.15) is 23.9 Å². The molecule has 108 valence electrons. The third-order valence-electron chi connectivity index (χ3n) is 3.88.